The number of hydrogen-bond donors (Lipinski definition) is 1. The molecule has 1 aliphatic rings. The topological polar surface area (TPSA) is 12.0 Å². The van der Waals surface area contributed by atoms with Crippen LogP contribution in [0.5, 0.6) is 0 Å². The van der Waals surface area contributed by atoms with E-state index in [1.807, 2.05) is 13.0 Å². The molecular weight excluding hydrogens is 189 g/mol. The summed E-state index contributed by atoms with van der Waals surface area (Å²) >= 11 is 5.70. The standard InChI is InChI=1S/C10H11ClFN/c1-6-4-8-7(5-13-6)2-3-9(11)10(8)12/h2-3,6,13H,4-5H2,1H3. The summed E-state index contributed by atoms with van der Waals surface area (Å²) in [5.41, 5.74) is 1.80. The minimum atomic E-state index is -0.243. The van der Waals surface area contributed by atoms with Crippen LogP contribution in [-0.2, 0) is 13.0 Å². The number of nitrogens with one attached hydrogen (secondary N) is 1. The van der Waals surface area contributed by atoms with Gasteiger partial charge >= 0.3 is 0 Å². The molecule has 0 bridgehead atoms. The summed E-state index contributed by atoms with van der Waals surface area (Å²) < 4.78 is 13.5. The van der Waals surface area contributed by atoms with Crippen LogP contribution < -0.4 is 5.32 Å². The van der Waals surface area contributed by atoms with E-state index in [0.29, 0.717) is 6.04 Å². The van der Waals surface area contributed by atoms with E-state index >= 15 is 0 Å². The summed E-state index contributed by atoms with van der Waals surface area (Å²) in [5, 5.41) is 3.50. The van der Waals surface area contributed by atoms with Crippen LogP contribution in [0.2, 0.25) is 5.02 Å². The van der Waals surface area contributed by atoms with Crippen molar-refractivity contribution in [2.45, 2.75) is 25.9 Å². The second-order valence-corrected chi connectivity index (χ2v) is 3.89. The average molecular weight is 200 g/mol. The fraction of sp³-hybridized carbons (Fsp3) is 0.400. The molecule has 0 radical (unpaired) electrons. The Kier molecular flexibility index (Phi) is 2.26. The lowest BCUT2D eigenvalue weighted by molar-refractivity contribution is 0.490. The van der Waals surface area contributed by atoms with E-state index in [2.05, 4.69) is 5.32 Å². The van der Waals surface area contributed by atoms with Gasteiger partial charge in [0, 0.05) is 12.6 Å². The fourth-order valence-electron chi connectivity index (χ4n) is 1.68. The second kappa shape index (κ2) is 3.28. The third kappa shape index (κ3) is 1.56. The van der Waals surface area contributed by atoms with E-state index < -0.39 is 0 Å². The Bertz CT molecular complexity index is 338. The van der Waals surface area contributed by atoms with Gasteiger partial charge in [-0.15, -0.1) is 0 Å². The number of hydrogen-bond acceptors (Lipinski definition) is 1. The lowest BCUT2D eigenvalue weighted by Crippen LogP contribution is -2.33. The van der Waals surface area contributed by atoms with Crippen LogP contribution in [0.1, 0.15) is 18.1 Å². The van der Waals surface area contributed by atoms with E-state index in [1.54, 1.807) is 6.07 Å². The minimum absolute atomic E-state index is 0.229. The molecule has 13 heavy (non-hydrogen) atoms. The van der Waals surface area contributed by atoms with Crippen molar-refractivity contribution in [2.75, 3.05) is 0 Å². The largest absolute Gasteiger partial charge is 0.310 e. The Balaban J connectivity index is 2.48. The normalized spacial score (nSPS) is 21.3. The summed E-state index contributed by atoms with van der Waals surface area (Å²) in [7, 11) is 0. The van der Waals surface area contributed by atoms with Crippen molar-refractivity contribution in [2.24, 2.45) is 0 Å². The Labute approximate surface area is 81.9 Å². The van der Waals surface area contributed by atoms with E-state index in [1.165, 1.54) is 0 Å². The summed E-state index contributed by atoms with van der Waals surface area (Å²) in [6.07, 6.45) is 0.724. The third-order valence-corrected chi connectivity index (χ3v) is 2.74. The first-order valence-corrected chi connectivity index (χ1v) is 4.75. The molecule has 2 rings (SSSR count). The van der Waals surface area contributed by atoms with Gasteiger partial charge in [0.1, 0.15) is 5.82 Å². The molecule has 1 aromatic carbocycles. The smallest absolute Gasteiger partial charge is 0.145 e. The average Bonchev–Trinajstić information content (AvgIpc) is 2.12. The van der Waals surface area contributed by atoms with E-state index in [0.717, 1.165) is 24.1 Å². The molecule has 1 nitrogen and oxygen atoms in total. The molecule has 0 saturated carbocycles. The van der Waals surface area contributed by atoms with E-state index in [9.17, 15) is 4.39 Å². The molecule has 1 aromatic rings. The third-order valence-electron chi connectivity index (χ3n) is 2.44. The van der Waals surface area contributed by atoms with Crippen LogP contribution >= 0.6 is 11.6 Å². The molecule has 1 aliphatic heterocycles. The van der Waals surface area contributed by atoms with Gasteiger partial charge < -0.3 is 5.32 Å². The van der Waals surface area contributed by atoms with Crippen molar-refractivity contribution >= 4 is 11.6 Å². The highest BCUT2D eigenvalue weighted by molar-refractivity contribution is 6.30. The molecular formula is C10H11ClFN. The van der Waals surface area contributed by atoms with Gasteiger partial charge in [-0.3, -0.25) is 0 Å². The van der Waals surface area contributed by atoms with Gasteiger partial charge in [-0.2, -0.15) is 0 Å². The highest BCUT2D eigenvalue weighted by Gasteiger charge is 2.19. The number of halogens is 2. The fourth-order valence-corrected chi connectivity index (χ4v) is 1.86. The predicted octanol–water partition coefficient (Wildman–Crippen LogP) is 2.51. The summed E-state index contributed by atoms with van der Waals surface area (Å²) in [5.74, 6) is -0.243. The monoisotopic (exact) mass is 199 g/mol. The first-order valence-electron chi connectivity index (χ1n) is 4.37. The highest BCUT2D eigenvalue weighted by atomic mass is 35.5. The first-order chi connectivity index (χ1) is 6.18. The van der Waals surface area contributed by atoms with Gasteiger partial charge in [0.25, 0.3) is 0 Å². The molecule has 3 heteroatoms. The molecule has 70 valence electrons. The predicted molar refractivity (Wildman–Crippen MR) is 51.4 cm³/mol. The molecule has 0 amide bonds. The Hall–Kier alpha value is -0.600. The minimum Gasteiger partial charge on any atom is -0.310 e. The van der Waals surface area contributed by atoms with Crippen LogP contribution in [0, 0.1) is 5.82 Å². The van der Waals surface area contributed by atoms with Gasteiger partial charge in [0.2, 0.25) is 0 Å². The van der Waals surface area contributed by atoms with Gasteiger partial charge in [0.15, 0.2) is 0 Å². The van der Waals surface area contributed by atoms with Gasteiger partial charge in [-0.1, -0.05) is 17.7 Å². The zero-order valence-corrected chi connectivity index (χ0v) is 8.16. The SMILES string of the molecule is CC1Cc2c(ccc(Cl)c2F)CN1. The maximum atomic E-state index is 13.5. The Morgan fingerprint density at radius 2 is 2.31 bits per heavy atom. The van der Waals surface area contributed by atoms with Crippen LogP contribution in [0.4, 0.5) is 4.39 Å². The molecule has 0 fully saturated rings. The van der Waals surface area contributed by atoms with Crippen molar-refractivity contribution in [3.05, 3.63) is 34.1 Å². The Morgan fingerprint density at radius 1 is 1.54 bits per heavy atom. The van der Waals surface area contributed by atoms with Gasteiger partial charge in [0.05, 0.1) is 5.02 Å². The number of rotatable bonds is 0. The summed E-state index contributed by atoms with van der Waals surface area (Å²) in [6.45, 7) is 2.79. The zero-order valence-electron chi connectivity index (χ0n) is 7.40. The lowest BCUT2D eigenvalue weighted by atomic mass is 9.96. The van der Waals surface area contributed by atoms with Crippen LogP contribution in [0.3, 0.4) is 0 Å². The maximum absolute atomic E-state index is 13.5. The summed E-state index contributed by atoms with van der Waals surface area (Å²) in [6, 6.07) is 3.84. The van der Waals surface area contributed by atoms with Crippen LogP contribution in [0.15, 0.2) is 12.1 Å². The van der Waals surface area contributed by atoms with E-state index in [4.69, 9.17) is 11.6 Å². The van der Waals surface area contributed by atoms with Gasteiger partial charge in [-0.05, 0) is 30.5 Å². The van der Waals surface area contributed by atoms with Crippen molar-refractivity contribution in [3.63, 3.8) is 0 Å². The molecule has 1 atom stereocenters. The van der Waals surface area contributed by atoms with Crippen molar-refractivity contribution in [1.29, 1.82) is 0 Å². The quantitative estimate of drug-likeness (QED) is 0.677. The maximum Gasteiger partial charge on any atom is 0.145 e. The van der Waals surface area contributed by atoms with Crippen LogP contribution in [-0.4, -0.2) is 6.04 Å². The molecule has 0 saturated heterocycles. The molecule has 0 aromatic heterocycles. The lowest BCUT2D eigenvalue weighted by Gasteiger charge is -2.23. The summed E-state index contributed by atoms with van der Waals surface area (Å²) in [4.78, 5) is 0. The van der Waals surface area contributed by atoms with Crippen molar-refractivity contribution in [1.82, 2.24) is 5.32 Å². The Morgan fingerprint density at radius 3 is 3.08 bits per heavy atom. The van der Waals surface area contributed by atoms with Gasteiger partial charge in [-0.25, -0.2) is 4.39 Å². The first kappa shape index (κ1) is 8.97. The molecule has 1 unspecified atom stereocenters. The molecule has 0 aliphatic carbocycles. The number of fused-ring (bicyclic) bond motifs is 1. The van der Waals surface area contributed by atoms with Crippen molar-refractivity contribution in [3.8, 4) is 0 Å². The second-order valence-electron chi connectivity index (χ2n) is 3.49. The zero-order chi connectivity index (χ0) is 9.42. The highest BCUT2D eigenvalue weighted by Crippen LogP contribution is 2.25. The van der Waals surface area contributed by atoms with Crippen LogP contribution in [0.25, 0.3) is 0 Å². The molecule has 1 N–H and O–H groups in total. The van der Waals surface area contributed by atoms with E-state index in [-0.39, 0.29) is 10.8 Å². The molecule has 0 spiro atoms. The number of benzene rings is 1. The molecule has 1 heterocycles. The van der Waals surface area contributed by atoms with Crippen molar-refractivity contribution < 1.29 is 4.39 Å².